The van der Waals surface area contributed by atoms with Crippen molar-refractivity contribution in [3.8, 4) is 0 Å². The molecule has 0 spiro atoms. The van der Waals surface area contributed by atoms with Crippen LogP contribution in [0.2, 0.25) is 0 Å². The first kappa shape index (κ1) is 14.6. The van der Waals surface area contributed by atoms with Crippen molar-refractivity contribution >= 4 is 16.8 Å². The fourth-order valence-electron chi connectivity index (χ4n) is 3.19. The van der Waals surface area contributed by atoms with E-state index in [0.29, 0.717) is 17.4 Å². The first-order chi connectivity index (χ1) is 11.7. The van der Waals surface area contributed by atoms with Crippen LogP contribution in [0.3, 0.4) is 0 Å². The fourth-order valence-corrected chi connectivity index (χ4v) is 3.19. The summed E-state index contributed by atoms with van der Waals surface area (Å²) in [6.07, 6.45) is 3.48. The second-order valence-electron chi connectivity index (χ2n) is 5.83. The van der Waals surface area contributed by atoms with Crippen molar-refractivity contribution in [1.29, 1.82) is 0 Å². The van der Waals surface area contributed by atoms with Gasteiger partial charge in [-0.1, -0.05) is 17.3 Å². The van der Waals surface area contributed by atoms with E-state index in [2.05, 4.69) is 20.5 Å². The minimum Gasteiger partial charge on any atom is -0.332 e. The molecule has 0 aliphatic carbocycles. The Morgan fingerprint density at radius 2 is 2.17 bits per heavy atom. The standard InChI is InChI=1S/C16H16N6O2/c23-15(21-9-3-6-14(21)13-7-8-17-18-13)10-22-16(24)11-4-1-2-5-12(11)19-20-22/h1-2,4-5,7-8,14H,3,6,9-10H2,(H,17,18). The average molecular weight is 324 g/mol. The predicted molar refractivity (Wildman–Crippen MR) is 86.1 cm³/mol. The lowest BCUT2D eigenvalue weighted by Gasteiger charge is -2.23. The Morgan fingerprint density at radius 1 is 1.29 bits per heavy atom. The van der Waals surface area contributed by atoms with Crippen molar-refractivity contribution in [3.63, 3.8) is 0 Å². The summed E-state index contributed by atoms with van der Waals surface area (Å²) in [7, 11) is 0. The number of likely N-dealkylation sites (tertiary alicyclic amines) is 1. The van der Waals surface area contributed by atoms with E-state index >= 15 is 0 Å². The lowest BCUT2D eigenvalue weighted by Crippen LogP contribution is -2.37. The van der Waals surface area contributed by atoms with Crippen LogP contribution in [0.4, 0.5) is 0 Å². The molecule has 0 bridgehead atoms. The monoisotopic (exact) mass is 324 g/mol. The van der Waals surface area contributed by atoms with E-state index in [1.807, 2.05) is 6.07 Å². The SMILES string of the molecule is O=C(Cn1nnc2ccccc2c1=O)N1CCCC1c1ccn[nH]1. The number of aromatic nitrogens is 5. The first-order valence-electron chi connectivity index (χ1n) is 7.85. The predicted octanol–water partition coefficient (Wildman–Crippen LogP) is 0.878. The normalized spacial score (nSPS) is 17.5. The Kier molecular flexibility index (Phi) is 3.56. The third-order valence-corrected chi connectivity index (χ3v) is 4.37. The third kappa shape index (κ3) is 2.45. The number of nitrogens with one attached hydrogen (secondary N) is 1. The summed E-state index contributed by atoms with van der Waals surface area (Å²) in [6.45, 7) is 0.555. The van der Waals surface area contributed by atoms with Gasteiger partial charge >= 0.3 is 0 Å². The zero-order valence-corrected chi connectivity index (χ0v) is 12.9. The maximum atomic E-state index is 12.7. The Morgan fingerprint density at radius 3 is 3.00 bits per heavy atom. The summed E-state index contributed by atoms with van der Waals surface area (Å²) < 4.78 is 1.13. The molecule has 1 N–H and O–H groups in total. The third-order valence-electron chi connectivity index (χ3n) is 4.37. The van der Waals surface area contributed by atoms with Crippen LogP contribution in [0.15, 0.2) is 41.3 Å². The van der Waals surface area contributed by atoms with Crippen LogP contribution in [0, 0.1) is 0 Å². The van der Waals surface area contributed by atoms with Gasteiger partial charge in [-0.15, -0.1) is 5.10 Å². The molecule has 1 fully saturated rings. The van der Waals surface area contributed by atoms with Crippen LogP contribution in [-0.2, 0) is 11.3 Å². The summed E-state index contributed by atoms with van der Waals surface area (Å²) in [6, 6.07) is 8.83. The van der Waals surface area contributed by atoms with Gasteiger partial charge in [-0.25, -0.2) is 4.68 Å². The van der Waals surface area contributed by atoms with Gasteiger partial charge in [0.2, 0.25) is 5.91 Å². The van der Waals surface area contributed by atoms with Gasteiger partial charge in [0.15, 0.2) is 0 Å². The van der Waals surface area contributed by atoms with Gasteiger partial charge in [0.25, 0.3) is 5.56 Å². The molecule has 0 radical (unpaired) electrons. The summed E-state index contributed by atoms with van der Waals surface area (Å²) in [5, 5.41) is 15.2. The molecule has 8 heteroatoms. The molecule has 24 heavy (non-hydrogen) atoms. The van der Waals surface area contributed by atoms with Crippen LogP contribution in [0.25, 0.3) is 10.9 Å². The maximum absolute atomic E-state index is 12.7. The number of aromatic amines is 1. The van der Waals surface area contributed by atoms with Crippen LogP contribution in [0.5, 0.6) is 0 Å². The Bertz CT molecular complexity index is 933. The van der Waals surface area contributed by atoms with Gasteiger partial charge in [0.05, 0.1) is 17.1 Å². The highest BCUT2D eigenvalue weighted by Gasteiger charge is 2.31. The molecular weight excluding hydrogens is 308 g/mol. The molecule has 1 aliphatic rings. The number of benzene rings is 1. The van der Waals surface area contributed by atoms with E-state index in [-0.39, 0.29) is 24.1 Å². The van der Waals surface area contributed by atoms with E-state index in [0.717, 1.165) is 23.2 Å². The summed E-state index contributed by atoms with van der Waals surface area (Å²) >= 11 is 0. The Hall–Kier alpha value is -3.03. The largest absolute Gasteiger partial charge is 0.332 e. The molecular formula is C16H16N6O2. The molecule has 3 aromatic rings. The molecule has 8 nitrogen and oxygen atoms in total. The van der Waals surface area contributed by atoms with Gasteiger partial charge in [0.1, 0.15) is 12.1 Å². The number of hydrogen-bond donors (Lipinski definition) is 1. The quantitative estimate of drug-likeness (QED) is 0.771. The number of H-pyrrole nitrogens is 1. The summed E-state index contributed by atoms with van der Waals surface area (Å²) in [5.74, 6) is -0.140. The van der Waals surface area contributed by atoms with Crippen molar-refractivity contribution in [2.75, 3.05) is 6.54 Å². The Labute approximate surface area is 137 Å². The first-order valence-corrected chi connectivity index (χ1v) is 7.85. The van der Waals surface area contributed by atoms with Crippen LogP contribution in [0.1, 0.15) is 24.6 Å². The smallest absolute Gasteiger partial charge is 0.278 e. The molecule has 1 aromatic carbocycles. The molecule has 1 saturated heterocycles. The van der Waals surface area contributed by atoms with Gasteiger partial charge < -0.3 is 4.90 Å². The number of rotatable bonds is 3. The zero-order valence-electron chi connectivity index (χ0n) is 12.9. The molecule has 1 atom stereocenters. The second kappa shape index (κ2) is 5.88. The lowest BCUT2D eigenvalue weighted by molar-refractivity contribution is -0.133. The number of fused-ring (bicyclic) bond motifs is 1. The molecule has 4 rings (SSSR count). The molecule has 3 heterocycles. The molecule has 1 amide bonds. The minimum atomic E-state index is -0.300. The van der Waals surface area contributed by atoms with Gasteiger partial charge in [-0.2, -0.15) is 5.10 Å². The molecule has 2 aromatic heterocycles. The fraction of sp³-hybridized carbons (Fsp3) is 0.312. The molecule has 122 valence electrons. The van der Waals surface area contributed by atoms with E-state index in [1.165, 1.54) is 0 Å². The van der Waals surface area contributed by atoms with Crippen molar-refractivity contribution < 1.29 is 4.79 Å². The van der Waals surface area contributed by atoms with Gasteiger partial charge in [-0.3, -0.25) is 14.7 Å². The molecule has 1 unspecified atom stereocenters. The van der Waals surface area contributed by atoms with E-state index in [1.54, 1.807) is 35.4 Å². The molecule has 1 aliphatic heterocycles. The van der Waals surface area contributed by atoms with E-state index < -0.39 is 0 Å². The van der Waals surface area contributed by atoms with Crippen molar-refractivity contribution in [2.45, 2.75) is 25.4 Å². The molecule has 0 saturated carbocycles. The van der Waals surface area contributed by atoms with Gasteiger partial charge in [-0.05, 0) is 31.0 Å². The number of nitrogens with zero attached hydrogens (tertiary/aromatic N) is 5. The topological polar surface area (TPSA) is 96.8 Å². The van der Waals surface area contributed by atoms with E-state index in [9.17, 15) is 9.59 Å². The van der Waals surface area contributed by atoms with Crippen LogP contribution in [-0.4, -0.2) is 42.5 Å². The number of carbonyl (C=O) groups excluding carboxylic acids is 1. The highest BCUT2D eigenvalue weighted by atomic mass is 16.2. The maximum Gasteiger partial charge on any atom is 0.278 e. The zero-order chi connectivity index (χ0) is 16.5. The van der Waals surface area contributed by atoms with Crippen molar-refractivity contribution in [2.24, 2.45) is 0 Å². The number of carbonyl (C=O) groups is 1. The summed E-state index contributed by atoms with van der Waals surface area (Å²) in [5.41, 5.74) is 1.15. The van der Waals surface area contributed by atoms with Crippen molar-refractivity contribution in [3.05, 3.63) is 52.6 Å². The van der Waals surface area contributed by atoms with E-state index in [4.69, 9.17) is 0 Å². The Balaban J connectivity index is 1.60. The number of hydrogen-bond acceptors (Lipinski definition) is 5. The lowest BCUT2D eigenvalue weighted by atomic mass is 10.1. The van der Waals surface area contributed by atoms with Gasteiger partial charge in [0, 0.05) is 12.7 Å². The highest BCUT2D eigenvalue weighted by molar-refractivity contribution is 5.78. The van der Waals surface area contributed by atoms with Crippen LogP contribution < -0.4 is 5.56 Å². The summed E-state index contributed by atoms with van der Waals surface area (Å²) in [4.78, 5) is 26.9. The number of amides is 1. The second-order valence-corrected chi connectivity index (χ2v) is 5.83. The van der Waals surface area contributed by atoms with Crippen LogP contribution >= 0.6 is 0 Å². The highest BCUT2D eigenvalue weighted by Crippen LogP contribution is 2.30. The average Bonchev–Trinajstić information content (AvgIpc) is 3.28. The minimum absolute atomic E-state index is 0.0240. The van der Waals surface area contributed by atoms with Crippen molar-refractivity contribution in [1.82, 2.24) is 30.1 Å².